The van der Waals surface area contributed by atoms with Crippen molar-refractivity contribution in [3.8, 4) is 0 Å². The Morgan fingerprint density at radius 3 is 1.69 bits per heavy atom. The number of amides is 8. The molecule has 3 rings (SSSR count). The number of carbonyl (C=O) groups is 10. The first-order chi connectivity index (χ1) is 28.8. The van der Waals surface area contributed by atoms with Crippen LogP contribution in [-0.2, 0) is 47.9 Å². The lowest BCUT2D eigenvalue weighted by molar-refractivity contribution is -0.149. The molecule has 3 saturated heterocycles. The van der Waals surface area contributed by atoms with E-state index < -0.39 is 113 Å². The molecule has 0 aromatic rings. The van der Waals surface area contributed by atoms with E-state index in [-0.39, 0.29) is 64.6 Å². The summed E-state index contributed by atoms with van der Waals surface area (Å²) in [4.78, 5) is 133. The normalized spacial score (nSPS) is 21.2. The zero-order valence-corrected chi connectivity index (χ0v) is 35.3. The fourth-order valence-corrected chi connectivity index (χ4v) is 7.90. The number of hydrogen-bond acceptors (Lipinski definition) is 12. The Morgan fingerprint density at radius 2 is 1.16 bits per heavy atom. The molecule has 3 fully saturated rings. The Balaban J connectivity index is 1.70. The van der Waals surface area contributed by atoms with Crippen LogP contribution in [0, 0.1) is 5.92 Å². The van der Waals surface area contributed by atoms with Gasteiger partial charge in [0.2, 0.25) is 47.3 Å². The minimum Gasteiger partial charge on any atom is -0.481 e. The summed E-state index contributed by atoms with van der Waals surface area (Å²) in [5, 5.41) is 29.1. The first-order valence-electron chi connectivity index (χ1n) is 21.1. The van der Waals surface area contributed by atoms with Gasteiger partial charge in [-0.25, -0.2) is 4.79 Å². The van der Waals surface area contributed by atoms with Crippen LogP contribution < -0.4 is 38.5 Å². The average Bonchev–Trinajstić information content (AvgIpc) is 4.01. The maximum Gasteiger partial charge on any atom is 0.326 e. The highest BCUT2D eigenvalue weighted by Gasteiger charge is 2.43. The van der Waals surface area contributed by atoms with Crippen LogP contribution in [0.1, 0.15) is 104 Å². The highest BCUT2D eigenvalue weighted by Crippen LogP contribution is 2.24. The van der Waals surface area contributed by atoms with Crippen molar-refractivity contribution in [2.24, 2.45) is 23.1 Å². The molecular formula is C39H64N10O12. The van der Waals surface area contributed by atoms with Crippen molar-refractivity contribution in [1.29, 1.82) is 0 Å². The topological polar surface area (TPSA) is 347 Å². The molecule has 3 aliphatic heterocycles. The van der Waals surface area contributed by atoms with E-state index in [4.69, 9.17) is 22.3 Å². The maximum absolute atomic E-state index is 14.1. The lowest BCUT2D eigenvalue weighted by atomic mass is 10.0. The second-order valence-electron chi connectivity index (χ2n) is 16.3. The number of nitrogens with zero attached hydrogens (tertiary/aromatic N) is 3. The van der Waals surface area contributed by atoms with Crippen LogP contribution in [0.2, 0.25) is 0 Å². The summed E-state index contributed by atoms with van der Waals surface area (Å²) in [6.45, 7) is 5.67. The Morgan fingerprint density at radius 1 is 0.623 bits per heavy atom. The van der Waals surface area contributed by atoms with Crippen LogP contribution in [0.5, 0.6) is 0 Å². The highest BCUT2D eigenvalue weighted by atomic mass is 16.4. The van der Waals surface area contributed by atoms with Crippen molar-refractivity contribution in [2.45, 2.75) is 153 Å². The van der Waals surface area contributed by atoms with Crippen molar-refractivity contribution in [3.63, 3.8) is 0 Å². The molecule has 0 saturated carbocycles. The Bertz CT molecular complexity index is 1650. The number of likely N-dealkylation sites (tertiary alicyclic amines) is 3. The molecule has 0 aromatic carbocycles. The van der Waals surface area contributed by atoms with E-state index in [1.807, 2.05) is 0 Å². The molecule has 12 N–H and O–H groups in total. The van der Waals surface area contributed by atoms with E-state index in [1.165, 1.54) is 21.6 Å². The summed E-state index contributed by atoms with van der Waals surface area (Å²) in [6.07, 6.45) is 2.32. The Labute approximate surface area is 354 Å². The quantitative estimate of drug-likeness (QED) is 0.0471. The number of nitrogens with one attached hydrogen (secondary N) is 4. The predicted molar refractivity (Wildman–Crippen MR) is 216 cm³/mol. The minimum absolute atomic E-state index is 0.112. The van der Waals surface area contributed by atoms with Crippen molar-refractivity contribution >= 4 is 59.2 Å². The van der Waals surface area contributed by atoms with Gasteiger partial charge in [0.1, 0.15) is 42.3 Å². The van der Waals surface area contributed by atoms with Crippen molar-refractivity contribution in [1.82, 2.24) is 36.0 Å². The molecule has 342 valence electrons. The molecule has 0 radical (unpaired) electrons. The number of carboxylic acid groups (broad SMARTS) is 2. The zero-order valence-electron chi connectivity index (χ0n) is 35.3. The van der Waals surface area contributed by atoms with Crippen LogP contribution >= 0.6 is 0 Å². The fraction of sp³-hybridized carbons (Fsp3) is 0.744. The lowest BCUT2D eigenvalue weighted by Gasteiger charge is -2.33. The van der Waals surface area contributed by atoms with Crippen LogP contribution in [0.15, 0.2) is 0 Å². The van der Waals surface area contributed by atoms with E-state index in [0.717, 1.165) is 0 Å². The monoisotopic (exact) mass is 864 g/mol. The van der Waals surface area contributed by atoms with Gasteiger partial charge in [-0.3, -0.25) is 43.2 Å². The third kappa shape index (κ3) is 14.1. The number of carbonyl (C=O) groups excluding carboxylic acids is 8. The smallest absolute Gasteiger partial charge is 0.326 e. The number of aliphatic carboxylic acids is 2. The van der Waals surface area contributed by atoms with Gasteiger partial charge in [-0.15, -0.1) is 0 Å². The highest BCUT2D eigenvalue weighted by molar-refractivity contribution is 5.98. The molecule has 8 atom stereocenters. The van der Waals surface area contributed by atoms with Crippen LogP contribution in [0.4, 0.5) is 0 Å². The Kier molecular flexibility index (Phi) is 19.3. The minimum atomic E-state index is -1.39. The van der Waals surface area contributed by atoms with Crippen molar-refractivity contribution in [2.75, 3.05) is 26.2 Å². The fourth-order valence-electron chi connectivity index (χ4n) is 7.90. The van der Waals surface area contributed by atoms with E-state index in [9.17, 15) is 53.1 Å². The van der Waals surface area contributed by atoms with Gasteiger partial charge in [0, 0.05) is 32.5 Å². The first kappa shape index (κ1) is 50.0. The van der Waals surface area contributed by atoms with Crippen molar-refractivity contribution < 1.29 is 58.2 Å². The number of hydrogen-bond donors (Lipinski definition) is 9. The standard InChI is InChI=1S/C39H64N10O12/c1-21(2)31(46-35(56)27-11-6-18-47(27)36(57)23(41)13-16-30(51)52)38(59)48-19-7-10-26(48)34(55)44-24(14-15-29(42)50)33(54)43-22(3)32(53)45-25(9-4-5-17-40)37(58)49-20-8-12-28(49)39(60)61/h21-28,31H,4-20,40-41H2,1-3H3,(H2,42,50)(H,43,54)(H,44,55)(H,45,53)(H,46,56)(H,51,52)(H,60,61)/t22-,23-,24-,25-,26-,27-,28-,31-/m0/s1. The third-order valence-electron chi connectivity index (χ3n) is 11.3. The third-order valence-corrected chi connectivity index (χ3v) is 11.3. The average molecular weight is 865 g/mol. The largest absolute Gasteiger partial charge is 0.481 e. The van der Waals surface area contributed by atoms with Crippen LogP contribution in [0.3, 0.4) is 0 Å². The lowest BCUT2D eigenvalue weighted by Crippen LogP contribution is -2.60. The molecule has 22 heteroatoms. The molecule has 0 aliphatic carbocycles. The van der Waals surface area contributed by atoms with E-state index in [2.05, 4.69) is 21.3 Å². The SMILES string of the molecule is CC(C)[C@H](NC(=O)[C@@H]1CCCN1C(=O)[C@@H](N)CCC(=O)O)C(=O)N1CCC[C@H]1C(=O)N[C@@H](CCC(N)=O)C(=O)N[C@@H](C)C(=O)N[C@@H](CCCCN)C(=O)N1CCC[C@H]1C(=O)O. The maximum atomic E-state index is 14.1. The number of unbranched alkanes of at least 4 members (excludes halogenated alkanes) is 1. The van der Waals surface area contributed by atoms with Crippen LogP contribution in [0.25, 0.3) is 0 Å². The molecule has 22 nitrogen and oxygen atoms in total. The van der Waals surface area contributed by atoms with E-state index in [0.29, 0.717) is 45.1 Å². The number of nitrogens with two attached hydrogens (primary N) is 3. The van der Waals surface area contributed by atoms with Gasteiger partial charge >= 0.3 is 11.9 Å². The summed E-state index contributed by atoms with van der Waals surface area (Å²) in [7, 11) is 0. The molecule has 8 amide bonds. The molecule has 3 aliphatic rings. The number of carboxylic acids is 2. The molecule has 0 bridgehead atoms. The van der Waals surface area contributed by atoms with Gasteiger partial charge in [0.05, 0.1) is 6.04 Å². The molecular weight excluding hydrogens is 800 g/mol. The van der Waals surface area contributed by atoms with E-state index >= 15 is 0 Å². The van der Waals surface area contributed by atoms with E-state index in [1.54, 1.807) is 13.8 Å². The van der Waals surface area contributed by atoms with Crippen LogP contribution in [-0.4, -0.2) is 159 Å². The van der Waals surface area contributed by atoms with Gasteiger partial charge in [-0.05, 0) is 90.0 Å². The molecule has 0 aromatic heterocycles. The van der Waals surface area contributed by atoms with Gasteiger partial charge in [0.15, 0.2) is 0 Å². The summed E-state index contributed by atoms with van der Waals surface area (Å²) in [5.41, 5.74) is 16.9. The second kappa shape index (κ2) is 23.6. The number of primary amides is 1. The van der Waals surface area contributed by atoms with Gasteiger partial charge in [-0.1, -0.05) is 13.8 Å². The van der Waals surface area contributed by atoms with Gasteiger partial charge < -0.3 is 63.4 Å². The summed E-state index contributed by atoms with van der Waals surface area (Å²) in [6, 6.07) is -9.03. The molecule has 0 spiro atoms. The second-order valence-corrected chi connectivity index (χ2v) is 16.3. The summed E-state index contributed by atoms with van der Waals surface area (Å²) < 4.78 is 0. The van der Waals surface area contributed by atoms with Gasteiger partial charge in [-0.2, -0.15) is 0 Å². The molecule has 61 heavy (non-hydrogen) atoms. The molecule has 3 heterocycles. The Hall–Kier alpha value is -5.38. The summed E-state index contributed by atoms with van der Waals surface area (Å²) in [5.74, 6) is -8.15. The van der Waals surface area contributed by atoms with Gasteiger partial charge in [0.25, 0.3) is 0 Å². The predicted octanol–water partition coefficient (Wildman–Crippen LogP) is -2.75. The number of rotatable bonds is 23. The van der Waals surface area contributed by atoms with Crippen molar-refractivity contribution in [3.05, 3.63) is 0 Å². The summed E-state index contributed by atoms with van der Waals surface area (Å²) >= 11 is 0. The first-order valence-corrected chi connectivity index (χ1v) is 21.1. The zero-order chi connectivity index (χ0) is 45.6. The molecule has 0 unspecified atom stereocenters.